The van der Waals surface area contributed by atoms with Crippen molar-refractivity contribution in [2.45, 2.75) is 40.2 Å². The largest absolute Gasteiger partial charge is 0.438 e. The number of rotatable bonds is 6. The fourth-order valence-electron chi connectivity index (χ4n) is 1.31. The fraction of sp³-hybridized carbons (Fsp3) is 0.818. The molecule has 0 heterocycles. The molecule has 0 saturated heterocycles. The van der Waals surface area contributed by atoms with E-state index in [0.717, 1.165) is 0 Å². The number of carbonyl (C=O) groups is 2. The normalized spacial score (nSPS) is 12.7. The van der Waals surface area contributed by atoms with Gasteiger partial charge in [-0.25, -0.2) is 13.6 Å². The lowest BCUT2D eigenvalue weighted by molar-refractivity contribution is -0.141. The summed E-state index contributed by atoms with van der Waals surface area (Å²) in [6.45, 7) is 7.40. The van der Waals surface area contributed by atoms with Crippen LogP contribution in [0.2, 0.25) is 0 Å². The second-order valence-electron chi connectivity index (χ2n) is 3.92. The van der Waals surface area contributed by atoms with Gasteiger partial charge in [0.05, 0.1) is 0 Å². The number of hydrogen-bond acceptors (Lipinski definition) is 3. The van der Waals surface area contributed by atoms with E-state index in [0.29, 0.717) is 13.1 Å². The van der Waals surface area contributed by atoms with Crippen molar-refractivity contribution in [2.24, 2.45) is 5.92 Å². The number of Topliss-reactive ketones (excluding diaryl/α,β-unsaturated/α-hetero) is 1. The number of halogens is 2. The summed E-state index contributed by atoms with van der Waals surface area (Å²) in [4.78, 5) is 24.1. The van der Waals surface area contributed by atoms with Crippen LogP contribution in [-0.2, 0) is 9.53 Å². The first kappa shape index (κ1) is 15.8. The summed E-state index contributed by atoms with van der Waals surface area (Å²) in [5.41, 5.74) is 0. The molecule has 0 aliphatic heterocycles. The van der Waals surface area contributed by atoms with Crippen molar-refractivity contribution in [1.82, 2.24) is 4.90 Å². The Labute approximate surface area is 99.9 Å². The van der Waals surface area contributed by atoms with Gasteiger partial charge in [-0.1, -0.05) is 13.8 Å². The zero-order chi connectivity index (χ0) is 13.6. The molecule has 0 spiro atoms. The molecule has 0 saturated carbocycles. The quantitative estimate of drug-likeness (QED) is 0.727. The molecule has 6 heteroatoms. The van der Waals surface area contributed by atoms with Gasteiger partial charge in [0.15, 0.2) is 6.10 Å². The summed E-state index contributed by atoms with van der Waals surface area (Å²) in [7, 11) is 0. The van der Waals surface area contributed by atoms with E-state index >= 15 is 0 Å². The smallest absolute Gasteiger partial charge is 0.410 e. The number of amides is 1. The zero-order valence-corrected chi connectivity index (χ0v) is 10.6. The third-order valence-corrected chi connectivity index (χ3v) is 2.35. The number of hydrogen-bond donors (Lipinski definition) is 0. The SMILES string of the molecule is CCN(CC)C(=O)OC(C(=O)C(F)F)C(C)C. The number of alkyl halides is 2. The summed E-state index contributed by atoms with van der Waals surface area (Å²) < 4.78 is 29.4. The Bertz CT molecular complexity index is 265. The van der Waals surface area contributed by atoms with Crippen molar-refractivity contribution in [2.75, 3.05) is 13.1 Å². The van der Waals surface area contributed by atoms with Gasteiger partial charge in [0.25, 0.3) is 6.43 Å². The van der Waals surface area contributed by atoms with E-state index in [2.05, 4.69) is 0 Å². The molecule has 0 aliphatic carbocycles. The number of ether oxygens (including phenoxy) is 1. The molecule has 0 aromatic carbocycles. The minimum Gasteiger partial charge on any atom is -0.438 e. The van der Waals surface area contributed by atoms with Gasteiger partial charge in [-0.05, 0) is 19.8 Å². The highest BCUT2D eigenvalue weighted by molar-refractivity contribution is 5.88. The van der Waals surface area contributed by atoms with Crippen LogP contribution in [0.1, 0.15) is 27.7 Å². The van der Waals surface area contributed by atoms with Crippen LogP contribution < -0.4 is 0 Å². The Morgan fingerprint density at radius 3 is 1.94 bits per heavy atom. The Balaban J connectivity index is 4.66. The van der Waals surface area contributed by atoms with Crippen LogP contribution in [0.15, 0.2) is 0 Å². The molecule has 0 aliphatic rings. The molecule has 0 bridgehead atoms. The molecule has 0 rings (SSSR count). The minimum atomic E-state index is -3.12. The van der Waals surface area contributed by atoms with Crippen molar-refractivity contribution in [1.29, 1.82) is 0 Å². The highest BCUT2D eigenvalue weighted by Crippen LogP contribution is 2.14. The Hall–Kier alpha value is -1.20. The predicted molar refractivity (Wildman–Crippen MR) is 59.0 cm³/mol. The summed E-state index contributed by atoms with van der Waals surface area (Å²) in [6.07, 6.45) is -5.24. The van der Waals surface area contributed by atoms with E-state index in [-0.39, 0.29) is 0 Å². The Morgan fingerprint density at radius 2 is 1.65 bits per heavy atom. The lowest BCUT2D eigenvalue weighted by Gasteiger charge is -2.24. The van der Waals surface area contributed by atoms with E-state index < -0.39 is 30.3 Å². The van der Waals surface area contributed by atoms with Gasteiger partial charge in [-0.2, -0.15) is 0 Å². The van der Waals surface area contributed by atoms with Gasteiger partial charge in [0, 0.05) is 13.1 Å². The molecule has 1 amide bonds. The van der Waals surface area contributed by atoms with E-state index in [1.807, 2.05) is 0 Å². The van der Waals surface area contributed by atoms with Crippen LogP contribution in [-0.4, -0.2) is 42.4 Å². The maximum Gasteiger partial charge on any atom is 0.410 e. The van der Waals surface area contributed by atoms with E-state index in [1.54, 1.807) is 27.7 Å². The summed E-state index contributed by atoms with van der Waals surface area (Å²) >= 11 is 0. The van der Waals surface area contributed by atoms with Gasteiger partial charge >= 0.3 is 6.09 Å². The summed E-state index contributed by atoms with van der Waals surface area (Å²) in [5.74, 6) is -1.82. The van der Waals surface area contributed by atoms with Crippen molar-refractivity contribution in [3.8, 4) is 0 Å². The number of ketones is 1. The zero-order valence-electron chi connectivity index (χ0n) is 10.6. The fourth-order valence-corrected chi connectivity index (χ4v) is 1.31. The van der Waals surface area contributed by atoms with Crippen LogP contribution >= 0.6 is 0 Å². The summed E-state index contributed by atoms with van der Waals surface area (Å²) in [5, 5.41) is 0. The molecule has 100 valence electrons. The van der Waals surface area contributed by atoms with Crippen LogP contribution in [0, 0.1) is 5.92 Å². The molecule has 0 N–H and O–H groups in total. The van der Waals surface area contributed by atoms with Gasteiger partial charge in [-0.15, -0.1) is 0 Å². The first-order chi connectivity index (χ1) is 7.84. The van der Waals surface area contributed by atoms with Crippen LogP contribution in [0.5, 0.6) is 0 Å². The van der Waals surface area contributed by atoms with E-state index in [4.69, 9.17) is 4.74 Å². The lowest BCUT2D eigenvalue weighted by Crippen LogP contribution is -2.41. The molecule has 1 atom stereocenters. The molecular formula is C11H19F2NO3. The second kappa shape index (κ2) is 7.19. The maximum absolute atomic E-state index is 12.3. The predicted octanol–water partition coefficient (Wildman–Crippen LogP) is 2.32. The van der Waals surface area contributed by atoms with Crippen LogP contribution in [0.25, 0.3) is 0 Å². The number of nitrogens with zero attached hydrogens (tertiary/aromatic N) is 1. The topological polar surface area (TPSA) is 46.6 Å². The van der Waals surface area contributed by atoms with Gasteiger partial charge < -0.3 is 9.64 Å². The minimum absolute atomic E-state index is 0.406. The molecule has 0 aromatic rings. The first-order valence-corrected chi connectivity index (χ1v) is 5.62. The average Bonchev–Trinajstić information content (AvgIpc) is 2.26. The third kappa shape index (κ3) is 4.66. The van der Waals surface area contributed by atoms with Gasteiger partial charge in [-0.3, -0.25) is 4.79 Å². The molecule has 0 aromatic heterocycles. The molecular weight excluding hydrogens is 232 g/mol. The average molecular weight is 251 g/mol. The van der Waals surface area contributed by atoms with E-state index in [1.165, 1.54) is 4.90 Å². The molecule has 4 nitrogen and oxygen atoms in total. The van der Waals surface area contributed by atoms with Crippen molar-refractivity contribution in [3.05, 3.63) is 0 Å². The molecule has 0 radical (unpaired) electrons. The lowest BCUT2D eigenvalue weighted by atomic mass is 10.0. The first-order valence-electron chi connectivity index (χ1n) is 5.62. The van der Waals surface area contributed by atoms with Gasteiger partial charge in [0.1, 0.15) is 0 Å². The Kier molecular flexibility index (Phi) is 6.68. The van der Waals surface area contributed by atoms with Crippen LogP contribution in [0.4, 0.5) is 13.6 Å². The van der Waals surface area contributed by atoms with Crippen molar-refractivity contribution >= 4 is 11.9 Å². The summed E-state index contributed by atoms with van der Waals surface area (Å²) in [6, 6.07) is 0. The maximum atomic E-state index is 12.3. The highest BCUT2D eigenvalue weighted by Gasteiger charge is 2.33. The monoisotopic (exact) mass is 251 g/mol. The molecule has 17 heavy (non-hydrogen) atoms. The van der Waals surface area contributed by atoms with Crippen LogP contribution in [0.3, 0.4) is 0 Å². The van der Waals surface area contributed by atoms with E-state index in [9.17, 15) is 18.4 Å². The molecule has 1 unspecified atom stereocenters. The van der Waals surface area contributed by atoms with Crippen molar-refractivity contribution in [3.63, 3.8) is 0 Å². The highest BCUT2D eigenvalue weighted by atomic mass is 19.3. The third-order valence-electron chi connectivity index (χ3n) is 2.35. The number of carbonyl (C=O) groups excluding carboxylic acids is 2. The van der Waals surface area contributed by atoms with Crippen molar-refractivity contribution < 1.29 is 23.1 Å². The van der Waals surface area contributed by atoms with Gasteiger partial charge in [0.2, 0.25) is 5.78 Å². The molecule has 0 fully saturated rings. The Morgan fingerprint density at radius 1 is 1.18 bits per heavy atom. The standard InChI is InChI=1S/C11H19F2NO3/c1-5-14(6-2)11(16)17-9(7(3)4)8(15)10(12)13/h7,9-10H,5-6H2,1-4H3. The second-order valence-corrected chi connectivity index (χ2v) is 3.92.